The number of aliphatic carboxylic acids is 1. The quantitative estimate of drug-likeness (QED) is 0.817. The van der Waals surface area contributed by atoms with Crippen LogP contribution >= 0.6 is 11.3 Å². The molecule has 1 rings (SSSR count). The molecule has 1 heterocycles. The van der Waals surface area contributed by atoms with Crippen molar-refractivity contribution in [3.05, 3.63) is 16.1 Å². The van der Waals surface area contributed by atoms with Gasteiger partial charge in [0.1, 0.15) is 0 Å². The van der Waals surface area contributed by atoms with Crippen molar-refractivity contribution in [3.63, 3.8) is 0 Å². The largest absolute Gasteiger partial charge is 0.481 e. The molecule has 1 unspecified atom stereocenters. The number of carboxylic acids is 1. The summed E-state index contributed by atoms with van der Waals surface area (Å²) in [6, 6.07) is 0. The Morgan fingerprint density at radius 3 is 2.86 bits per heavy atom. The van der Waals surface area contributed by atoms with Crippen LogP contribution in [-0.4, -0.2) is 16.1 Å². The summed E-state index contributed by atoms with van der Waals surface area (Å²) in [5.74, 6) is -0.987. The molecular formula is C10H15NO2S. The van der Waals surface area contributed by atoms with Gasteiger partial charge in [0.05, 0.1) is 16.6 Å². The minimum atomic E-state index is -0.711. The zero-order valence-corrected chi connectivity index (χ0v) is 9.30. The second kappa shape index (κ2) is 5.10. The minimum Gasteiger partial charge on any atom is -0.481 e. The summed E-state index contributed by atoms with van der Waals surface area (Å²) in [7, 11) is 0. The first-order valence-corrected chi connectivity index (χ1v) is 5.65. The Kier molecular flexibility index (Phi) is 4.07. The van der Waals surface area contributed by atoms with Crippen LogP contribution in [0.4, 0.5) is 0 Å². The van der Waals surface area contributed by atoms with Crippen LogP contribution in [0.1, 0.15) is 30.5 Å². The summed E-state index contributed by atoms with van der Waals surface area (Å²) >= 11 is 1.57. The Hall–Kier alpha value is -0.900. The maximum Gasteiger partial charge on any atom is 0.306 e. The van der Waals surface area contributed by atoms with E-state index in [9.17, 15) is 4.79 Å². The number of carbonyl (C=O) groups is 1. The SMILES string of the molecule is CCCC(Cc1csc(C)n1)C(=O)O. The van der Waals surface area contributed by atoms with E-state index in [4.69, 9.17) is 5.11 Å². The van der Waals surface area contributed by atoms with Gasteiger partial charge in [-0.3, -0.25) is 4.79 Å². The number of hydrogen-bond acceptors (Lipinski definition) is 3. The molecule has 0 saturated heterocycles. The van der Waals surface area contributed by atoms with Crippen LogP contribution < -0.4 is 0 Å². The first-order valence-electron chi connectivity index (χ1n) is 4.77. The Labute approximate surface area is 87.8 Å². The van der Waals surface area contributed by atoms with Crippen molar-refractivity contribution in [2.75, 3.05) is 0 Å². The van der Waals surface area contributed by atoms with Gasteiger partial charge >= 0.3 is 5.97 Å². The predicted molar refractivity (Wildman–Crippen MR) is 56.6 cm³/mol. The van der Waals surface area contributed by atoms with Gasteiger partial charge in [-0.15, -0.1) is 11.3 Å². The number of aryl methyl sites for hydroxylation is 1. The average molecular weight is 213 g/mol. The van der Waals surface area contributed by atoms with E-state index in [1.54, 1.807) is 11.3 Å². The summed E-state index contributed by atoms with van der Waals surface area (Å²) in [4.78, 5) is 15.1. The molecule has 0 saturated carbocycles. The van der Waals surface area contributed by atoms with Gasteiger partial charge in [0, 0.05) is 11.8 Å². The molecule has 0 amide bonds. The zero-order chi connectivity index (χ0) is 10.6. The highest BCUT2D eigenvalue weighted by Gasteiger charge is 2.17. The Morgan fingerprint density at radius 2 is 2.43 bits per heavy atom. The zero-order valence-electron chi connectivity index (χ0n) is 8.49. The van der Waals surface area contributed by atoms with Crippen molar-refractivity contribution >= 4 is 17.3 Å². The maximum atomic E-state index is 10.9. The molecule has 1 atom stereocenters. The van der Waals surface area contributed by atoms with E-state index in [2.05, 4.69) is 4.98 Å². The molecule has 0 aliphatic carbocycles. The summed E-state index contributed by atoms with van der Waals surface area (Å²) in [5.41, 5.74) is 0.911. The molecule has 1 N–H and O–H groups in total. The molecule has 4 heteroatoms. The lowest BCUT2D eigenvalue weighted by Gasteiger charge is -2.08. The molecule has 0 spiro atoms. The van der Waals surface area contributed by atoms with E-state index in [1.165, 1.54) is 0 Å². The fourth-order valence-electron chi connectivity index (χ4n) is 1.42. The van der Waals surface area contributed by atoms with Crippen LogP contribution in [0.15, 0.2) is 5.38 Å². The van der Waals surface area contributed by atoms with E-state index in [0.29, 0.717) is 6.42 Å². The lowest BCUT2D eigenvalue weighted by Crippen LogP contribution is -2.16. The number of nitrogens with zero attached hydrogens (tertiary/aromatic N) is 1. The van der Waals surface area contributed by atoms with Gasteiger partial charge in [-0.1, -0.05) is 13.3 Å². The lowest BCUT2D eigenvalue weighted by atomic mass is 9.99. The highest BCUT2D eigenvalue weighted by Crippen LogP contribution is 2.16. The molecule has 3 nitrogen and oxygen atoms in total. The van der Waals surface area contributed by atoms with Gasteiger partial charge in [-0.05, 0) is 13.3 Å². The van der Waals surface area contributed by atoms with E-state index in [-0.39, 0.29) is 5.92 Å². The first-order chi connectivity index (χ1) is 6.63. The number of thiazole rings is 1. The predicted octanol–water partition coefficient (Wildman–Crippen LogP) is 2.49. The Bertz CT molecular complexity index is 309. The topological polar surface area (TPSA) is 50.2 Å². The molecule has 0 radical (unpaired) electrons. The molecule has 0 bridgehead atoms. The van der Waals surface area contributed by atoms with Crippen LogP contribution in [0.3, 0.4) is 0 Å². The third kappa shape index (κ3) is 3.10. The number of carboxylic acid groups (broad SMARTS) is 1. The molecular weight excluding hydrogens is 198 g/mol. The molecule has 0 aliphatic heterocycles. The molecule has 78 valence electrons. The van der Waals surface area contributed by atoms with Crippen molar-refractivity contribution in [3.8, 4) is 0 Å². The van der Waals surface area contributed by atoms with Crippen molar-refractivity contribution in [1.29, 1.82) is 0 Å². The summed E-state index contributed by atoms with van der Waals surface area (Å²) in [6.45, 7) is 3.94. The third-order valence-electron chi connectivity index (χ3n) is 2.11. The van der Waals surface area contributed by atoms with Gasteiger partial charge in [-0.25, -0.2) is 4.98 Å². The van der Waals surface area contributed by atoms with E-state index < -0.39 is 5.97 Å². The van der Waals surface area contributed by atoms with Crippen LogP contribution in [0.25, 0.3) is 0 Å². The van der Waals surface area contributed by atoms with E-state index in [0.717, 1.165) is 23.5 Å². The molecule has 14 heavy (non-hydrogen) atoms. The summed E-state index contributed by atoms with van der Waals surface area (Å²) < 4.78 is 0. The van der Waals surface area contributed by atoms with Crippen LogP contribution in [0.2, 0.25) is 0 Å². The monoisotopic (exact) mass is 213 g/mol. The maximum absolute atomic E-state index is 10.9. The summed E-state index contributed by atoms with van der Waals surface area (Å²) in [6.07, 6.45) is 2.19. The minimum absolute atomic E-state index is 0.276. The second-order valence-electron chi connectivity index (χ2n) is 3.39. The van der Waals surface area contributed by atoms with Crippen molar-refractivity contribution in [2.24, 2.45) is 5.92 Å². The van der Waals surface area contributed by atoms with Crippen LogP contribution in [0, 0.1) is 12.8 Å². The lowest BCUT2D eigenvalue weighted by molar-refractivity contribution is -0.141. The molecule has 0 aliphatic rings. The smallest absolute Gasteiger partial charge is 0.306 e. The van der Waals surface area contributed by atoms with Crippen molar-refractivity contribution in [1.82, 2.24) is 4.98 Å². The van der Waals surface area contributed by atoms with Gasteiger partial charge in [0.25, 0.3) is 0 Å². The van der Waals surface area contributed by atoms with Gasteiger partial charge in [0.2, 0.25) is 0 Å². The van der Waals surface area contributed by atoms with Crippen LogP contribution in [0.5, 0.6) is 0 Å². The molecule has 0 aromatic carbocycles. The standard InChI is InChI=1S/C10H15NO2S/c1-3-4-8(10(12)13)5-9-6-14-7(2)11-9/h6,8H,3-5H2,1-2H3,(H,12,13). The van der Waals surface area contributed by atoms with Gasteiger partial charge in [0.15, 0.2) is 0 Å². The van der Waals surface area contributed by atoms with Gasteiger partial charge in [-0.2, -0.15) is 0 Å². The van der Waals surface area contributed by atoms with E-state index >= 15 is 0 Å². The highest BCUT2D eigenvalue weighted by atomic mass is 32.1. The van der Waals surface area contributed by atoms with Crippen molar-refractivity contribution < 1.29 is 9.90 Å². The fourth-order valence-corrected chi connectivity index (χ4v) is 2.04. The van der Waals surface area contributed by atoms with E-state index in [1.807, 2.05) is 19.2 Å². The Balaban J connectivity index is 2.59. The molecule has 0 fully saturated rings. The van der Waals surface area contributed by atoms with Crippen LogP contribution in [-0.2, 0) is 11.2 Å². The Morgan fingerprint density at radius 1 is 1.71 bits per heavy atom. The number of hydrogen-bond donors (Lipinski definition) is 1. The highest BCUT2D eigenvalue weighted by molar-refractivity contribution is 7.09. The normalized spacial score (nSPS) is 12.7. The molecule has 1 aromatic heterocycles. The fraction of sp³-hybridized carbons (Fsp3) is 0.600. The third-order valence-corrected chi connectivity index (χ3v) is 2.93. The number of rotatable bonds is 5. The summed E-state index contributed by atoms with van der Waals surface area (Å²) in [5, 5.41) is 11.9. The number of aromatic nitrogens is 1. The second-order valence-corrected chi connectivity index (χ2v) is 4.45. The average Bonchev–Trinajstić information content (AvgIpc) is 2.50. The van der Waals surface area contributed by atoms with Crippen molar-refractivity contribution in [2.45, 2.75) is 33.1 Å². The molecule has 1 aromatic rings. The first kappa shape index (κ1) is 11.2. The van der Waals surface area contributed by atoms with Gasteiger partial charge < -0.3 is 5.11 Å².